The fourth-order valence-electron chi connectivity index (χ4n) is 2.33. The zero-order valence-corrected chi connectivity index (χ0v) is 9.53. The fourth-order valence-corrected chi connectivity index (χ4v) is 2.33. The summed E-state index contributed by atoms with van der Waals surface area (Å²) < 4.78 is 0. The number of nitrogens with one attached hydrogen (secondary N) is 1. The van der Waals surface area contributed by atoms with Crippen molar-refractivity contribution in [2.75, 3.05) is 7.05 Å². The van der Waals surface area contributed by atoms with Crippen molar-refractivity contribution < 1.29 is 0 Å². The molecule has 1 aliphatic carbocycles. The van der Waals surface area contributed by atoms with Crippen LogP contribution in [-0.2, 0) is 6.54 Å². The highest BCUT2D eigenvalue weighted by Gasteiger charge is 2.24. The van der Waals surface area contributed by atoms with Crippen LogP contribution in [0.3, 0.4) is 0 Å². The zero-order valence-electron chi connectivity index (χ0n) is 9.53. The molecule has 0 aromatic carbocycles. The van der Waals surface area contributed by atoms with Crippen LogP contribution < -0.4 is 5.32 Å². The van der Waals surface area contributed by atoms with Gasteiger partial charge in [0.1, 0.15) is 5.82 Å². The van der Waals surface area contributed by atoms with Crippen molar-refractivity contribution in [2.45, 2.75) is 38.6 Å². The maximum atomic E-state index is 4.61. The molecule has 82 valence electrons. The van der Waals surface area contributed by atoms with Gasteiger partial charge in [0.2, 0.25) is 0 Å². The topological polar surface area (TPSA) is 37.8 Å². The van der Waals surface area contributed by atoms with Gasteiger partial charge in [-0.05, 0) is 38.3 Å². The number of aromatic nitrogens is 2. The van der Waals surface area contributed by atoms with Crippen LogP contribution in [0.2, 0.25) is 0 Å². The summed E-state index contributed by atoms with van der Waals surface area (Å²) in [6, 6.07) is 1.98. The largest absolute Gasteiger partial charge is 0.314 e. The van der Waals surface area contributed by atoms with Gasteiger partial charge in [-0.25, -0.2) is 9.97 Å². The van der Waals surface area contributed by atoms with E-state index in [0.717, 1.165) is 24.0 Å². The molecule has 0 radical (unpaired) electrons. The minimum absolute atomic E-state index is 0.594. The smallest absolute Gasteiger partial charge is 0.131 e. The van der Waals surface area contributed by atoms with Crippen molar-refractivity contribution in [2.24, 2.45) is 5.92 Å². The van der Waals surface area contributed by atoms with Gasteiger partial charge in [-0.1, -0.05) is 6.92 Å². The minimum Gasteiger partial charge on any atom is -0.314 e. The van der Waals surface area contributed by atoms with E-state index in [0.29, 0.717) is 5.92 Å². The second-order valence-corrected chi connectivity index (χ2v) is 4.55. The molecule has 1 aromatic rings. The van der Waals surface area contributed by atoms with Crippen LogP contribution >= 0.6 is 0 Å². The van der Waals surface area contributed by atoms with Gasteiger partial charge in [-0.2, -0.15) is 0 Å². The van der Waals surface area contributed by atoms with Gasteiger partial charge in [-0.15, -0.1) is 0 Å². The van der Waals surface area contributed by atoms with Gasteiger partial charge in [0.05, 0.1) is 5.69 Å². The highest BCUT2D eigenvalue weighted by Crippen LogP contribution is 2.36. The Labute approximate surface area is 91.3 Å². The van der Waals surface area contributed by atoms with Crippen LogP contribution in [0.15, 0.2) is 12.3 Å². The average molecular weight is 205 g/mol. The quantitative estimate of drug-likeness (QED) is 0.821. The molecule has 0 amide bonds. The molecule has 1 heterocycles. The van der Waals surface area contributed by atoms with Crippen LogP contribution in [0, 0.1) is 5.92 Å². The molecule has 0 aliphatic heterocycles. The number of hydrogen-bond donors (Lipinski definition) is 1. The molecule has 2 atom stereocenters. The Balaban J connectivity index is 2.10. The first-order valence-electron chi connectivity index (χ1n) is 5.76. The molecule has 15 heavy (non-hydrogen) atoms. The SMILES string of the molecule is CNCc1ccnc(C2CCC(C)C2)n1. The summed E-state index contributed by atoms with van der Waals surface area (Å²) in [5, 5.41) is 3.12. The van der Waals surface area contributed by atoms with E-state index in [-0.39, 0.29) is 0 Å². The van der Waals surface area contributed by atoms with E-state index >= 15 is 0 Å². The maximum absolute atomic E-state index is 4.61. The highest BCUT2D eigenvalue weighted by atomic mass is 14.9. The molecule has 1 N–H and O–H groups in total. The lowest BCUT2D eigenvalue weighted by molar-refractivity contribution is 0.582. The molecule has 1 fully saturated rings. The molecule has 1 aliphatic rings. The van der Waals surface area contributed by atoms with E-state index in [2.05, 4.69) is 22.2 Å². The van der Waals surface area contributed by atoms with Gasteiger partial charge >= 0.3 is 0 Å². The van der Waals surface area contributed by atoms with Crippen LogP contribution in [0.4, 0.5) is 0 Å². The van der Waals surface area contributed by atoms with Crippen LogP contribution in [0.1, 0.15) is 43.6 Å². The van der Waals surface area contributed by atoms with Crippen molar-refractivity contribution in [3.05, 3.63) is 23.8 Å². The number of nitrogens with zero attached hydrogens (tertiary/aromatic N) is 2. The summed E-state index contributed by atoms with van der Waals surface area (Å²) in [7, 11) is 1.94. The van der Waals surface area contributed by atoms with Gasteiger partial charge < -0.3 is 5.32 Å². The Morgan fingerprint density at radius 1 is 1.47 bits per heavy atom. The first-order valence-corrected chi connectivity index (χ1v) is 5.76. The Bertz CT molecular complexity index is 324. The van der Waals surface area contributed by atoms with E-state index in [1.54, 1.807) is 0 Å². The lowest BCUT2D eigenvalue weighted by atomic mass is 10.1. The van der Waals surface area contributed by atoms with Gasteiger partial charge in [0, 0.05) is 18.7 Å². The van der Waals surface area contributed by atoms with E-state index in [1.165, 1.54) is 19.3 Å². The Morgan fingerprint density at radius 3 is 3.00 bits per heavy atom. The van der Waals surface area contributed by atoms with E-state index in [1.807, 2.05) is 19.3 Å². The molecule has 0 saturated heterocycles. The summed E-state index contributed by atoms with van der Waals surface area (Å²) in [4.78, 5) is 9.00. The first kappa shape index (κ1) is 10.6. The average Bonchev–Trinajstić information content (AvgIpc) is 2.66. The molecule has 0 bridgehead atoms. The molecular formula is C12H19N3. The molecule has 1 saturated carbocycles. The summed E-state index contributed by atoms with van der Waals surface area (Å²) in [5.41, 5.74) is 1.10. The standard InChI is InChI=1S/C12H19N3/c1-9-3-4-10(7-9)12-14-6-5-11(15-12)8-13-2/h5-6,9-10,13H,3-4,7-8H2,1-2H3. The lowest BCUT2D eigenvalue weighted by Crippen LogP contribution is -2.10. The van der Waals surface area contributed by atoms with Gasteiger partial charge in [-0.3, -0.25) is 0 Å². The summed E-state index contributed by atoms with van der Waals surface area (Å²) in [6.45, 7) is 3.15. The van der Waals surface area contributed by atoms with Crippen LogP contribution in [0.5, 0.6) is 0 Å². The normalized spacial score (nSPS) is 25.7. The van der Waals surface area contributed by atoms with Crippen molar-refractivity contribution in [3.8, 4) is 0 Å². The third kappa shape index (κ3) is 2.53. The Kier molecular flexibility index (Phi) is 3.31. The van der Waals surface area contributed by atoms with Crippen LogP contribution in [0.25, 0.3) is 0 Å². The van der Waals surface area contributed by atoms with E-state index in [9.17, 15) is 0 Å². The number of hydrogen-bond acceptors (Lipinski definition) is 3. The molecule has 3 nitrogen and oxygen atoms in total. The van der Waals surface area contributed by atoms with E-state index in [4.69, 9.17) is 0 Å². The zero-order chi connectivity index (χ0) is 10.7. The summed E-state index contributed by atoms with van der Waals surface area (Å²) in [6.07, 6.45) is 5.72. The minimum atomic E-state index is 0.594. The lowest BCUT2D eigenvalue weighted by Gasteiger charge is -2.09. The summed E-state index contributed by atoms with van der Waals surface area (Å²) in [5.74, 6) is 2.48. The molecular weight excluding hydrogens is 186 g/mol. The van der Waals surface area contributed by atoms with Crippen LogP contribution in [-0.4, -0.2) is 17.0 Å². The van der Waals surface area contributed by atoms with E-state index < -0.39 is 0 Å². The second-order valence-electron chi connectivity index (χ2n) is 4.55. The monoisotopic (exact) mass is 205 g/mol. The van der Waals surface area contributed by atoms with Gasteiger partial charge in [0.15, 0.2) is 0 Å². The first-order chi connectivity index (χ1) is 7.29. The predicted octanol–water partition coefficient (Wildman–Crippen LogP) is 2.10. The molecule has 2 unspecified atom stereocenters. The third-order valence-corrected chi connectivity index (χ3v) is 3.15. The second kappa shape index (κ2) is 4.71. The van der Waals surface area contributed by atoms with Crippen molar-refractivity contribution in [1.82, 2.24) is 15.3 Å². The van der Waals surface area contributed by atoms with Crippen molar-refractivity contribution in [3.63, 3.8) is 0 Å². The van der Waals surface area contributed by atoms with Gasteiger partial charge in [0.25, 0.3) is 0 Å². The number of rotatable bonds is 3. The summed E-state index contributed by atoms with van der Waals surface area (Å²) >= 11 is 0. The molecule has 3 heteroatoms. The maximum Gasteiger partial charge on any atom is 0.131 e. The highest BCUT2D eigenvalue weighted by molar-refractivity contribution is 5.07. The third-order valence-electron chi connectivity index (χ3n) is 3.15. The Hall–Kier alpha value is -0.960. The van der Waals surface area contributed by atoms with Crippen molar-refractivity contribution in [1.29, 1.82) is 0 Å². The fraction of sp³-hybridized carbons (Fsp3) is 0.667. The molecule has 1 aromatic heterocycles. The van der Waals surface area contributed by atoms with Crippen molar-refractivity contribution >= 4 is 0 Å². The molecule has 0 spiro atoms. The predicted molar refractivity (Wildman–Crippen MR) is 60.6 cm³/mol. The Morgan fingerprint density at radius 2 is 2.33 bits per heavy atom. The molecule has 2 rings (SSSR count).